The molecule has 0 fully saturated rings. The summed E-state index contributed by atoms with van der Waals surface area (Å²) >= 11 is 0. The lowest BCUT2D eigenvalue weighted by Gasteiger charge is -2.13. The lowest BCUT2D eigenvalue weighted by molar-refractivity contribution is -0.148. The summed E-state index contributed by atoms with van der Waals surface area (Å²) in [6, 6.07) is 0. The summed E-state index contributed by atoms with van der Waals surface area (Å²) in [5.41, 5.74) is 0. The molecule has 0 saturated carbocycles. The van der Waals surface area contributed by atoms with Gasteiger partial charge in [0.15, 0.2) is 0 Å². The molecule has 0 bridgehead atoms. The molecule has 1 unspecified atom stereocenters. The SMILES string of the molecule is CCCCCCCC/C=C\CCCCCCCCCCCCCC(=O)OC(C)CCCCCCCCCCCCCCCCCCCC(=O)O. The summed E-state index contributed by atoms with van der Waals surface area (Å²) in [4.78, 5) is 22.7. The van der Waals surface area contributed by atoms with Gasteiger partial charge in [0.25, 0.3) is 0 Å². The Balaban J connectivity index is 3.28. The van der Waals surface area contributed by atoms with Gasteiger partial charge in [-0.3, -0.25) is 9.59 Å². The van der Waals surface area contributed by atoms with Crippen molar-refractivity contribution in [3.63, 3.8) is 0 Å². The first-order chi connectivity index (χ1) is 24.6. The van der Waals surface area contributed by atoms with Crippen molar-refractivity contribution in [1.29, 1.82) is 0 Å². The van der Waals surface area contributed by atoms with Crippen molar-refractivity contribution in [2.45, 2.75) is 270 Å². The average Bonchev–Trinajstić information content (AvgIpc) is 3.09. The highest BCUT2D eigenvalue weighted by atomic mass is 16.5. The van der Waals surface area contributed by atoms with E-state index in [0.29, 0.717) is 12.8 Å². The number of allylic oxidation sites excluding steroid dienone is 2. The Bertz CT molecular complexity index is 717. The number of unbranched alkanes of at least 4 members (excludes halogenated alkanes) is 33. The largest absolute Gasteiger partial charge is 0.481 e. The van der Waals surface area contributed by atoms with Crippen LogP contribution in [-0.4, -0.2) is 23.1 Å². The second kappa shape index (κ2) is 42.1. The summed E-state index contributed by atoms with van der Waals surface area (Å²) < 4.78 is 5.67. The Hall–Kier alpha value is -1.32. The summed E-state index contributed by atoms with van der Waals surface area (Å²) in [7, 11) is 0. The summed E-state index contributed by atoms with van der Waals surface area (Å²) in [5, 5.41) is 8.66. The zero-order valence-electron chi connectivity index (χ0n) is 34.0. The molecule has 0 aliphatic heterocycles. The maximum Gasteiger partial charge on any atom is 0.306 e. The fourth-order valence-corrected chi connectivity index (χ4v) is 7.10. The predicted molar refractivity (Wildman–Crippen MR) is 218 cm³/mol. The number of carboxylic acid groups (broad SMARTS) is 1. The molecule has 0 aliphatic rings. The van der Waals surface area contributed by atoms with Crippen molar-refractivity contribution >= 4 is 11.9 Å². The minimum atomic E-state index is -0.661. The molecule has 0 aliphatic carbocycles. The first-order valence-electron chi connectivity index (χ1n) is 22.6. The van der Waals surface area contributed by atoms with Crippen LogP contribution < -0.4 is 0 Å². The van der Waals surface area contributed by atoms with Gasteiger partial charge in [-0.15, -0.1) is 0 Å². The van der Waals surface area contributed by atoms with Crippen molar-refractivity contribution < 1.29 is 19.4 Å². The fourth-order valence-electron chi connectivity index (χ4n) is 7.10. The minimum absolute atomic E-state index is 0.00996. The van der Waals surface area contributed by atoms with Crippen molar-refractivity contribution in [1.82, 2.24) is 0 Å². The third-order valence-electron chi connectivity index (χ3n) is 10.5. The van der Waals surface area contributed by atoms with E-state index in [0.717, 1.165) is 32.1 Å². The molecule has 0 saturated heterocycles. The molecule has 0 aromatic carbocycles. The van der Waals surface area contributed by atoms with E-state index >= 15 is 0 Å². The number of esters is 1. The Morgan fingerprint density at radius 2 is 0.740 bits per heavy atom. The molecule has 0 heterocycles. The number of aliphatic carboxylic acids is 1. The van der Waals surface area contributed by atoms with Crippen molar-refractivity contribution in [2.24, 2.45) is 0 Å². The molecule has 0 amide bonds. The van der Waals surface area contributed by atoms with Crippen LogP contribution in [0.15, 0.2) is 12.2 Å². The molecule has 0 spiro atoms. The average molecular weight is 705 g/mol. The zero-order chi connectivity index (χ0) is 36.4. The molecular weight excluding hydrogens is 617 g/mol. The van der Waals surface area contributed by atoms with Crippen LogP contribution in [0.4, 0.5) is 0 Å². The monoisotopic (exact) mass is 705 g/mol. The minimum Gasteiger partial charge on any atom is -0.481 e. The predicted octanol–water partition coefficient (Wildman–Crippen LogP) is 15.8. The molecule has 50 heavy (non-hydrogen) atoms. The van der Waals surface area contributed by atoms with Crippen LogP contribution in [0.3, 0.4) is 0 Å². The van der Waals surface area contributed by atoms with Crippen LogP contribution in [-0.2, 0) is 14.3 Å². The standard InChI is InChI=1S/C46H88O4/c1-3-4-5-6-7-8-9-10-11-12-13-14-15-19-22-25-28-31-34-37-40-43-46(49)50-44(2)41-38-35-32-29-26-23-20-17-16-18-21-24-27-30-33-36-39-42-45(47)48/h10-11,44H,3-9,12-43H2,1-2H3,(H,47,48)/b11-10-. The molecule has 0 aromatic rings. The van der Waals surface area contributed by atoms with Crippen molar-refractivity contribution in [3.05, 3.63) is 12.2 Å². The molecule has 0 rings (SSSR count). The number of rotatable bonds is 42. The van der Waals surface area contributed by atoms with Crippen LogP contribution in [0, 0.1) is 0 Å². The Morgan fingerprint density at radius 1 is 0.440 bits per heavy atom. The van der Waals surface area contributed by atoms with Gasteiger partial charge in [-0.25, -0.2) is 0 Å². The van der Waals surface area contributed by atoms with E-state index in [9.17, 15) is 9.59 Å². The van der Waals surface area contributed by atoms with E-state index in [4.69, 9.17) is 9.84 Å². The van der Waals surface area contributed by atoms with Crippen molar-refractivity contribution in [3.8, 4) is 0 Å². The van der Waals surface area contributed by atoms with E-state index < -0.39 is 5.97 Å². The van der Waals surface area contributed by atoms with Gasteiger partial charge in [-0.05, 0) is 58.3 Å². The molecule has 1 atom stereocenters. The highest BCUT2D eigenvalue weighted by molar-refractivity contribution is 5.69. The van der Waals surface area contributed by atoms with Gasteiger partial charge in [0, 0.05) is 12.8 Å². The number of carbonyl (C=O) groups is 2. The van der Waals surface area contributed by atoms with Gasteiger partial charge in [0.2, 0.25) is 0 Å². The smallest absolute Gasteiger partial charge is 0.306 e. The first-order valence-corrected chi connectivity index (χ1v) is 22.6. The van der Waals surface area contributed by atoms with Crippen LogP contribution in [0.1, 0.15) is 264 Å². The van der Waals surface area contributed by atoms with Crippen LogP contribution >= 0.6 is 0 Å². The number of hydrogen-bond acceptors (Lipinski definition) is 3. The molecule has 4 nitrogen and oxygen atoms in total. The number of ether oxygens (including phenoxy) is 1. The normalized spacial score (nSPS) is 12.2. The van der Waals surface area contributed by atoms with Gasteiger partial charge in [-0.2, -0.15) is 0 Å². The summed E-state index contributed by atoms with van der Waals surface area (Å²) in [6.45, 7) is 4.35. The topological polar surface area (TPSA) is 63.6 Å². The van der Waals surface area contributed by atoms with E-state index in [1.54, 1.807) is 0 Å². The molecular formula is C46H88O4. The van der Waals surface area contributed by atoms with Crippen molar-refractivity contribution in [2.75, 3.05) is 0 Å². The number of hydrogen-bond donors (Lipinski definition) is 1. The summed E-state index contributed by atoms with van der Waals surface area (Å²) in [6.07, 6.45) is 53.9. The second-order valence-corrected chi connectivity index (χ2v) is 15.7. The van der Waals surface area contributed by atoms with Crippen LogP contribution in [0.25, 0.3) is 0 Å². The lowest BCUT2D eigenvalue weighted by Crippen LogP contribution is -2.14. The Morgan fingerprint density at radius 3 is 1.10 bits per heavy atom. The van der Waals surface area contributed by atoms with Gasteiger partial charge < -0.3 is 9.84 Å². The third kappa shape index (κ3) is 42.8. The highest BCUT2D eigenvalue weighted by Crippen LogP contribution is 2.17. The molecule has 0 radical (unpaired) electrons. The van der Waals surface area contributed by atoms with Crippen LogP contribution in [0.2, 0.25) is 0 Å². The number of carboxylic acids is 1. The fraction of sp³-hybridized carbons (Fsp3) is 0.913. The summed E-state index contributed by atoms with van der Waals surface area (Å²) in [5.74, 6) is -0.651. The van der Waals surface area contributed by atoms with E-state index in [2.05, 4.69) is 26.0 Å². The highest BCUT2D eigenvalue weighted by Gasteiger charge is 2.09. The zero-order valence-corrected chi connectivity index (χ0v) is 34.0. The first kappa shape index (κ1) is 48.7. The van der Waals surface area contributed by atoms with Gasteiger partial charge in [0.05, 0.1) is 6.10 Å². The third-order valence-corrected chi connectivity index (χ3v) is 10.5. The van der Waals surface area contributed by atoms with E-state index in [1.165, 1.54) is 205 Å². The molecule has 1 N–H and O–H groups in total. The maximum absolute atomic E-state index is 12.2. The number of carbonyl (C=O) groups excluding carboxylic acids is 1. The molecule has 296 valence electrons. The van der Waals surface area contributed by atoms with Gasteiger partial charge in [-0.1, -0.05) is 205 Å². The Kier molecular flexibility index (Phi) is 41.0. The molecule has 4 heteroatoms. The van der Waals surface area contributed by atoms with E-state index in [1.807, 2.05) is 0 Å². The second-order valence-electron chi connectivity index (χ2n) is 15.7. The van der Waals surface area contributed by atoms with E-state index in [-0.39, 0.29) is 12.1 Å². The lowest BCUT2D eigenvalue weighted by atomic mass is 10.0. The van der Waals surface area contributed by atoms with Crippen LogP contribution in [0.5, 0.6) is 0 Å². The van der Waals surface area contributed by atoms with Gasteiger partial charge >= 0.3 is 11.9 Å². The quantitative estimate of drug-likeness (QED) is 0.0390. The van der Waals surface area contributed by atoms with Gasteiger partial charge in [0.1, 0.15) is 0 Å². The Labute approximate surface area is 313 Å². The maximum atomic E-state index is 12.2. The molecule has 0 aromatic heterocycles.